The third-order valence-electron chi connectivity index (χ3n) is 3.82. The van der Waals surface area contributed by atoms with E-state index >= 15 is 0 Å². The van der Waals surface area contributed by atoms with Gasteiger partial charge in [-0.2, -0.15) is 13.2 Å². The van der Waals surface area contributed by atoms with Crippen molar-refractivity contribution in [2.45, 2.75) is 26.6 Å². The zero-order valence-corrected chi connectivity index (χ0v) is 16.1. The molecule has 27 heavy (non-hydrogen) atoms. The molecule has 0 aliphatic carbocycles. The maximum Gasteiger partial charge on any atom is 0.422 e. The quantitative estimate of drug-likeness (QED) is 0.748. The van der Waals surface area contributed by atoms with Crippen molar-refractivity contribution in [2.75, 3.05) is 19.4 Å². The van der Waals surface area contributed by atoms with Gasteiger partial charge in [-0.05, 0) is 54.8 Å². The number of rotatable bonds is 5. The fraction of sp³-hybridized carbons (Fsp3) is 0.316. The van der Waals surface area contributed by atoms with Crippen LogP contribution in [0.25, 0.3) is 0 Å². The largest absolute Gasteiger partial charge is 0.484 e. The zero-order valence-electron chi connectivity index (χ0n) is 15.3. The number of anilines is 1. The molecule has 2 aromatic rings. The maximum absolute atomic E-state index is 12.4. The van der Waals surface area contributed by atoms with Crippen molar-refractivity contribution in [1.29, 1.82) is 0 Å². The van der Waals surface area contributed by atoms with Crippen molar-refractivity contribution in [3.05, 3.63) is 58.7 Å². The third-order valence-corrected chi connectivity index (χ3v) is 3.82. The number of carbonyl (C=O) groups excluding carboxylic acids is 1. The molecule has 4 nitrogen and oxygen atoms in total. The Morgan fingerprint density at radius 3 is 2.11 bits per heavy atom. The van der Waals surface area contributed by atoms with Crippen LogP contribution in [-0.4, -0.2) is 30.6 Å². The molecule has 0 spiro atoms. The summed E-state index contributed by atoms with van der Waals surface area (Å²) in [7, 11) is 1.66. The van der Waals surface area contributed by atoms with Crippen LogP contribution in [0.5, 0.6) is 5.75 Å². The maximum atomic E-state index is 12.4. The van der Waals surface area contributed by atoms with Gasteiger partial charge in [-0.15, -0.1) is 12.4 Å². The number of amides is 1. The van der Waals surface area contributed by atoms with Gasteiger partial charge < -0.3 is 15.4 Å². The molecule has 2 aromatic carbocycles. The first-order valence-corrected chi connectivity index (χ1v) is 7.97. The van der Waals surface area contributed by atoms with E-state index in [0.29, 0.717) is 28.9 Å². The first kappa shape index (κ1) is 22.6. The smallest absolute Gasteiger partial charge is 0.422 e. The highest BCUT2D eigenvalue weighted by Gasteiger charge is 2.29. The third kappa shape index (κ3) is 6.36. The highest BCUT2D eigenvalue weighted by Crippen LogP contribution is 2.27. The Balaban J connectivity index is 0.00000364. The SMILES string of the molecule is Cc1cc(CN(C)C(=O)c2ccc(N)cc2)cc(C)c1OCC(F)(F)F.Cl. The second-order valence-electron chi connectivity index (χ2n) is 6.25. The van der Waals surface area contributed by atoms with Crippen LogP contribution in [-0.2, 0) is 6.54 Å². The monoisotopic (exact) mass is 402 g/mol. The molecule has 0 fully saturated rings. The van der Waals surface area contributed by atoms with E-state index in [1.165, 1.54) is 4.90 Å². The topological polar surface area (TPSA) is 55.6 Å². The summed E-state index contributed by atoms with van der Waals surface area (Å²) in [4.78, 5) is 14.0. The second kappa shape index (κ2) is 8.99. The van der Waals surface area contributed by atoms with E-state index in [4.69, 9.17) is 10.5 Å². The van der Waals surface area contributed by atoms with Crippen molar-refractivity contribution in [1.82, 2.24) is 4.90 Å². The van der Waals surface area contributed by atoms with Crippen molar-refractivity contribution >= 4 is 24.0 Å². The molecule has 0 aliphatic heterocycles. The van der Waals surface area contributed by atoms with Gasteiger partial charge >= 0.3 is 6.18 Å². The highest BCUT2D eigenvalue weighted by molar-refractivity contribution is 5.94. The molecular weight excluding hydrogens is 381 g/mol. The lowest BCUT2D eigenvalue weighted by atomic mass is 10.0. The lowest BCUT2D eigenvalue weighted by Gasteiger charge is -2.20. The molecule has 0 bridgehead atoms. The Morgan fingerprint density at radius 2 is 1.63 bits per heavy atom. The van der Waals surface area contributed by atoms with E-state index in [2.05, 4.69) is 0 Å². The van der Waals surface area contributed by atoms with E-state index in [0.717, 1.165) is 5.56 Å². The van der Waals surface area contributed by atoms with Crippen molar-refractivity contribution in [3.63, 3.8) is 0 Å². The first-order chi connectivity index (χ1) is 12.1. The number of carbonyl (C=O) groups is 1. The molecule has 0 radical (unpaired) electrons. The van der Waals surface area contributed by atoms with Crippen molar-refractivity contribution < 1.29 is 22.7 Å². The summed E-state index contributed by atoms with van der Waals surface area (Å²) in [6, 6.07) is 10.1. The van der Waals surface area contributed by atoms with Gasteiger partial charge in [0.2, 0.25) is 0 Å². The summed E-state index contributed by atoms with van der Waals surface area (Å²) in [6.45, 7) is 2.36. The van der Waals surface area contributed by atoms with E-state index < -0.39 is 12.8 Å². The number of nitrogens with zero attached hydrogens (tertiary/aromatic N) is 1. The molecular formula is C19H22ClF3N2O2. The van der Waals surface area contributed by atoms with Crippen molar-refractivity contribution in [3.8, 4) is 5.75 Å². The molecule has 0 saturated heterocycles. The van der Waals surface area contributed by atoms with Gasteiger partial charge in [-0.25, -0.2) is 0 Å². The Morgan fingerprint density at radius 1 is 1.11 bits per heavy atom. The molecule has 2 N–H and O–H groups in total. The van der Waals surface area contributed by atoms with Crippen LogP contribution >= 0.6 is 12.4 Å². The lowest BCUT2D eigenvalue weighted by molar-refractivity contribution is -0.153. The molecule has 0 aliphatic rings. The first-order valence-electron chi connectivity index (χ1n) is 7.97. The Bertz CT molecular complexity index is 770. The number of benzene rings is 2. The van der Waals surface area contributed by atoms with Crippen molar-refractivity contribution in [2.24, 2.45) is 0 Å². The van der Waals surface area contributed by atoms with E-state index in [1.807, 2.05) is 0 Å². The highest BCUT2D eigenvalue weighted by atomic mass is 35.5. The molecule has 148 valence electrons. The van der Waals surface area contributed by atoms with E-state index in [-0.39, 0.29) is 24.1 Å². The van der Waals surface area contributed by atoms with Gasteiger partial charge in [0.25, 0.3) is 5.91 Å². The zero-order chi connectivity index (χ0) is 19.5. The Hall–Kier alpha value is -2.41. The number of hydrogen-bond acceptors (Lipinski definition) is 3. The summed E-state index contributed by atoms with van der Waals surface area (Å²) >= 11 is 0. The average molecular weight is 403 g/mol. The van der Waals surface area contributed by atoms with Gasteiger partial charge in [-0.3, -0.25) is 4.79 Å². The number of nitrogen functional groups attached to an aromatic ring is 1. The van der Waals surface area contributed by atoms with Gasteiger partial charge in [0.1, 0.15) is 5.75 Å². The molecule has 0 heterocycles. The van der Waals surface area contributed by atoms with Gasteiger partial charge in [0, 0.05) is 24.8 Å². The van der Waals surface area contributed by atoms with Crippen LogP contribution in [0.4, 0.5) is 18.9 Å². The number of hydrogen-bond donors (Lipinski definition) is 1. The minimum Gasteiger partial charge on any atom is -0.484 e. The average Bonchev–Trinajstić information content (AvgIpc) is 2.53. The van der Waals surface area contributed by atoms with Crippen LogP contribution in [0.1, 0.15) is 27.0 Å². The van der Waals surface area contributed by atoms with Crippen LogP contribution in [0, 0.1) is 13.8 Å². The van der Waals surface area contributed by atoms with Gasteiger partial charge in [0.15, 0.2) is 6.61 Å². The minimum absolute atomic E-state index is 0. The normalized spacial score (nSPS) is 10.9. The van der Waals surface area contributed by atoms with Crippen LogP contribution in [0.2, 0.25) is 0 Å². The Labute approximate surface area is 162 Å². The molecule has 0 unspecified atom stereocenters. The fourth-order valence-electron chi connectivity index (χ4n) is 2.70. The molecule has 0 saturated carbocycles. The lowest BCUT2D eigenvalue weighted by Crippen LogP contribution is -2.26. The van der Waals surface area contributed by atoms with Crippen LogP contribution in [0.3, 0.4) is 0 Å². The summed E-state index contributed by atoms with van der Waals surface area (Å²) in [5.41, 5.74) is 8.71. The summed E-state index contributed by atoms with van der Waals surface area (Å²) < 4.78 is 42.0. The van der Waals surface area contributed by atoms with E-state index in [9.17, 15) is 18.0 Å². The predicted octanol–water partition coefficient (Wildman–Crippen LogP) is 4.52. The molecule has 0 atom stereocenters. The van der Waals surface area contributed by atoms with Gasteiger partial charge in [0.05, 0.1) is 0 Å². The number of alkyl halides is 3. The van der Waals surface area contributed by atoms with Gasteiger partial charge in [-0.1, -0.05) is 12.1 Å². The fourth-order valence-corrected chi connectivity index (χ4v) is 2.70. The van der Waals surface area contributed by atoms with E-state index in [1.54, 1.807) is 57.3 Å². The number of nitrogens with two attached hydrogens (primary N) is 1. The summed E-state index contributed by atoms with van der Waals surface area (Å²) in [5, 5.41) is 0. The summed E-state index contributed by atoms with van der Waals surface area (Å²) in [6.07, 6.45) is -4.39. The number of halogens is 4. The number of ether oxygens (including phenoxy) is 1. The van der Waals surface area contributed by atoms with Crippen LogP contribution < -0.4 is 10.5 Å². The summed E-state index contributed by atoms with van der Waals surface area (Å²) in [5.74, 6) is 0.0521. The number of aryl methyl sites for hydroxylation is 2. The second-order valence-corrected chi connectivity index (χ2v) is 6.25. The van der Waals surface area contributed by atoms with Crippen LogP contribution in [0.15, 0.2) is 36.4 Å². The predicted molar refractivity (Wildman–Crippen MR) is 101 cm³/mol. The standard InChI is InChI=1S/C19H21F3N2O2.ClH/c1-12-8-14(9-13(2)17(12)26-11-19(20,21)22)10-24(3)18(25)15-4-6-16(23)7-5-15;/h4-9H,10-11,23H2,1-3H3;1H. The molecule has 1 amide bonds. The Kier molecular flexibility index (Phi) is 7.54. The molecule has 2 rings (SSSR count). The minimum atomic E-state index is -4.39. The molecule has 0 aromatic heterocycles. The molecule has 8 heteroatoms.